The zero-order valence-corrected chi connectivity index (χ0v) is 7.27. The average molecular weight is 161 g/mol. The van der Waals surface area contributed by atoms with Gasteiger partial charge in [-0.05, 0) is 19.1 Å². The van der Waals surface area contributed by atoms with Gasteiger partial charge in [-0.15, -0.1) is 0 Å². The molecule has 0 spiro atoms. The Kier molecular flexibility index (Phi) is 4.41. The molecule has 58 valence electrons. The molecule has 0 bridgehead atoms. The lowest BCUT2D eigenvalue weighted by Gasteiger charge is -2.24. The Balaban J connectivity index is 3.92. The normalized spacial score (nSPS) is 11.0. The van der Waals surface area contributed by atoms with E-state index < -0.39 is 0 Å². The summed E-state index contributed by atoms with van der Waals surface area (Å²) in [5, 5.41) is 0. The third kappa shape index (κ3) is 3.04. The Morgan fingerprint density at radius 3 is 1.90 bits per heavy atom. The number of nitrogens with zero attached hydrogens (tertiary/aromatic N) is 1. The highest BCUT2D eigenvalue weighted by molar-refractivity contribution is 6.06. The number of hydrogen-bond donors (Lipinski definition) is 0. The molecule has 10 heavy (non-hydrogen) atoms. The van der Waals surface area contributed by atoms with Crippen LogP contribution in [-0.2, 0) is 0 Å². The van der Waals surface area contributed by atoms with Gasteiger partial charge in [-0.3, -0.25) is 0 Å². The first-order chi connectivity index (χ1) is 4.68. The number of hydrogen-bond acceptors (Lipinski definition) is 0. The third-order valence-electron chi connectivity index (χ3n) is 1.48. The van der Waals surface area contributed by atoms with Crippen LogP contribution in [0.2, 0.25) is 0 Å². The third-order valence-corrected chi connectivity index (χ3v) is 1.99. The predicted molar refractivity (Wildman–Crippen MR) is 46.8 cm³/mol. The number of likely N-dealkylation sites (N-methyl/N-ethyl adjacent to an activating group) is 1. The fourth-order valence-electron chi connectivity index (χ4n) is 0.795. The van der Waals surface area contributed by atoms with Gasteiger partial charge in [-0.1, -0.05) is 13.2 Å². The van der Waals surface area contributed by atoms with Crippen molar-refractivity contribution in [2.24, 2.45) is 0 Å². The lowest BCUT2D eigenvalue weighted by atomic mass is 10.4. The summed E-state index contributed by atoms with van der Waals surface area (Å²) in [7, 11) is 0. The lowest BCUT2D eigenvalue weighted by molar-refractivity contribution is -0.800. The van der Waals surface area contributed by atoms with Crippen molar-refractivity contribution in [3.63, 3.8) is 0 Å². The Bertz CT molecular complexity index is 110. The Morgan fingerprint density at radius 1 is 1.30 bits per heavy atom. The van der Waals surface area contributed by atoms with Gasteiger partial charge < -0.3 is 0 Å². The predicted octanol–water partition coefficient (Wildman–Crippen LogP) is 2.35. The molecule has 0 unspecified atom stereocenters. The van der Waals surface area contributed by atoms with Gasteiger partial charge in [0.05, 0.1) is 6.54 Å². The van der Waals surface area contributed by atoms with Crippen molar-refractivity contribution in [1.82, 2.24) is 0 Å². The number of halogens is 1. The summed E-state index contributed by atoms with van der Waals surface area (Å²) >= 11 is 6.12. The fraction of sp³-hybridized carbons (Fsp3) is 0.500. The summed E-state index contributed by atoms with van der Waals surface area (Å²) in [6, 6.07) is 0. The molecule has 2 heteroatoms. The van der Waals surface area contributed by atoms with Crippen molar-refractivity contribution in [1.29, 1.82) is 0 Å². The van der Waals surface area contributed by atoms with E-state index in [2.05, 4.69) is 20.1 Å². The summed E-state index contributed by atoms with van der Waals surface area (Å²) < 4.78 is 0.493. The van der Waals surface area contributed by atoms with E-state index in [-0.39, 0.29) is 0 Å². The van der Waals surface area contributed by atoms with Crippen LogP contribution in [0.25, 0.3) is 0 Å². The van der Waals surface area contributed by atoms with Crippen LogP contribution in [0, 0.1) is 0 Å². The second-order valence-corrected chi connectivity index (χ2v) is 3.01. The molecule has 0 aliphatic carbocycles. The van der Waals surface area contributed by atoms with Crippen LogP contribution in [0.1, 0.15) is 6.92 Å². The molecule has 0 aliphatic heterocycles. The molecule has 1 nitrogen and oxygen atoms in total. The maximum absolute atomic E-state index is 6.12. The van der Waals surface area contributed by atoms with Crippen LogP contribution in [0.3, 0.4) is 0 Å². The van der Waals surface area contributed by atoms with E-state index >= 15 is 0 Å². The van der Waals surface area contributed by atoms with Crippen molar-refractivity contribution in [2.75, 3.05) is 19.6 Å². The average Bonchev–Trinajstić information content (AvgIpc) is 1.89. The smallest absolute Gasteiger partial charge is 0.165 e. The topological polar surface area (TPSA) is 0 Å². The molecule has 0 aromatic rings. The largest absolute Gasteiger partial charge is 0.216 e. The quantitative estimate of drug-likeness (QED) is 0.428. The standard InChI is InChI=1S/C8H15ClN/c1-4-7-10(9,6-3)8-5-2/h4-5H,1-2,6-8H2,3H3/q+1. The van der Waals surface area contributed by atoms with Gasteiger partial charge >= 0.3 is 0 Å². The summed E-state index contributed by atoms with van der Waals surface area (Å²) in [4.78, 5) is 0. The van der Waals surface area contributed by atoms with Gasteiger partial charge in [0.15, 0.2) is 11.8 Å². The summed E-state index contributed by atoms with van der Waals surface area (Å²) in [6.45, 7) is 11.8. The minimum Gasteiger partial charge on any atom is -0.216 e. The van der Waals surface area contributed by atoms with Crippen LogP contribution in [-0.4, -0.2) is 23.6 Å². The molecule has 0 saturated carbocycles. The molecule has 0 N–H and O–H groups in total. The van der Waals surface area contributed by atoms with Gasteiger partial charge in [0, 0.05) is 0 Å². The molecular weight excluding hydrogens is 146 g/mol. The highest BCUT2D eigenvalue weighted by atomic mass is 35.5. The summed E-state index contributed by atoms with van der Waals surface area (Å²) in [5.74, 6) is 0. The highest BCUT2D eigenvalue weighted by Crippen LogP contribution is 2.10. The van der Waals surface area contributed by atoms with Crippen molar-refractivity contribution in [2.45, 2.75) is 6.92 Å². The van der Waals surface area contributed by atoms with E-state index in [1.165, 1.54) is 0 Å². The molecule has 0 amide bonds. The minimum absolute atomic E-state index is 0.493. The van der Waals surface area contributed by atoms with Crippen LogP contribution in [0.5, 0.6) is 0 Å². The molecule has 0 radical (unpaired) electrons. The van der Waals surface area contributed by atoms with E-state index in [4.69, 9.17) is 11.8 Å². The lowest BCUT2D eigenvalue weighted by Crippen LogP contribution is -2.37. The molecule has 0 aliphatic rings. The zero-order valence-electron chi connectivity index (χ0n) is 6.52. The molecular formula is C8H15ClN+. The zero-order chi connectivity index (χ0) is 8.04. The van der Waals surface area contributed by atoms with Crippen LogP contribution in [0.15, 0.2) is 25.3 Å². The van der Waals surface area contributed by atoms with Crippen molar-refractivity contribution in [3.8, 4) is 0 Å². The molecule has 0 aromatic carbocycles. The van der Waals surface area contributed by atoms with Gasteiger partial charge in [-0.25, -0.2) is 4.00 Å². The maximum atomic E-state index is 6.12. The van der Waals surface area contributed by atoms with E-state index in [1.807, 2.05) is 12.2 Å². The molecule has 0 heterocycles. The van der Waals surface area contributed by atoms with Gasteiger partial charge in [-0.2, -0.15) is 0 Å². The Hall–Kier alpha value is -0.270. The number of quaternary nitrogens is 1. The van der Waals surface area contributed by atoms with Crippen molar-refractivity contribution < 1.29 is 4.00 Å². The maximum Gasteiger partial charge on any atom is 0.165 e. The summed E-state index contributed by atoms with van der Waals surface area (Å²) in [6.07, 6.45) is 3.67. The van der Waals surface area contributed by atoms with Crippen LogP contribution >= 0.6 is 11.8 Å². The second kappa shape index (κ2) is 4.53. The first-order valence-corrected chi connectivity index (χ1v) is 3.80. The molecule has 0 aromatic heterocycles. The SMILES string of the molecule is C=CC[N+](Cl)(CC)CC=C. The van der Waals surface area contributed by atoms with Crippen molar-refractivity contribution >= 4 is 11.8 Å². The Morgan fingerprint density at radius 2 is 1.70 bits per heavy atom. The summed E-state index contributed by atoms with van der Waals surface area (Å²) in [5.41, 5.74) is 0. The van der Waals surface area contributed by atoms with E-state index in [9.17, 15) is 0 Å². The fourth-order valence-corrected chi connectivity index (χ4v) is 0.991. The van der Waals surface area contributed by atoms with E-state index in [0.29, 0.717) is 4.00 Å². The van der Waals surface area contributed by atoms with Gasteiger partial charge in [0.2, 0.25) is 0 Å². The second-order valence-electron chi connectivity index (χ2n) is 2.29. The molecule has 0 saturated heterocycles. The van der Waals surface area contributed by atoms with Crippen LogP contribution < -0.4 is 0 Å². The first-order valence-electron chi connectivity index (χ1n) is 3.46. The molecule has 0 atom stereocenters. The Labute approximate surface area is 68.3 Å². The molecule has 0 fully saturated rings. The number of rotatable bonds is 5. The van der Waals surface area contributed by atoms with Crippen LogP contribution in [0.4, 0.5) is 0 Å². The molecule has 0 rings (SSSR count). The van der Waals surface area contributed by atoms with Gasteiger partial charge in [0.1, 0.15) is 13.1 Å². The minimum atomic E-state index is 0.493. The monoisotopic (exact) mass is 160 g/mol. The highest BCUT2D eigenvalue weighted by Gasteiger charge is 2.18. The van der Waals surface area contributed by atoms with E-state index in [0.717, 1.165) is 19.6 Å². The van der Waals surface area contributed by atoms with Crippen molar-refractivity contribution in [3.05, 3.63) is 25.3 Å². The van der Waals surface area contributed by atoms with Gasteiger partial charge in [0.25, 0.3) is 0 Å². The first kappa shape index (κ1) is 9.73. The van der Waals surface area contributed by atoms with E-state index in [1.54, 1.807) is 0 Å².